The van der Waals surface area contributed by atoms with Gasteiger partial charge < -0.3 is 10.8 Å². The largest absolute Gasteiger partial charge is 0.480 e. The van der Waals surface area contributed by atoms with E-state index in [1.54, 1.807) is 6.92 Å². The molecule has 2 aliphatic rings. The Hall–Kier alpha value is -0.610. The Balaban J connectivity index is 1.93. The van der Waals surface area contributed by atoms with Crippen LogP contribution in [0.2, 0.25) is 0 Å². The molecule has 0 radical (unpaired) electrons. The Morgan fingerprint density at radius 3 is 2.75 bits per heavy atom. The van der Waals surface area contributed by atoms with Crippen molar-refractivity contribution in [3.05, 3.63) is 0 Å². The van der Waals surface area contributed by atoms with E-state index >= 15 is 0 Å². The molecule has 1 aliphatic heterocycles. The summed E-state index contributed by atoms with van der Waals surface area (Å²) in [7, 11) is 0. The van der Waals surface area contributed by atoms with Crippen molar-refractivity contribution in [2.45, 2.75) is 57.2 Å². The Morgan fingerprint density at radius 2 is 2.31 bits per heavy atom. The lowest BCUT2D eigenvalue weighted by Crippen LogP contribution is -2.51. The van der Waals surface area contributed by atoms with Gasteiger partial charge in [-0.15, -0.1) is 0 Å². The third-order valence-corrected chi connectivity index (χ3v) is 4.23. The summed E-state index contributed by atoms with van der Waals surface area (Å²) in [5.74, 6) is -0.0509. The second-order valence-electron chi connectivity index (χ2n) is 5.81. The molecule has 0 amide bonds. The van der Waals surface area contributed by atoms with Crippen molar-refractivity contribution >= 4 is 5.97 Å². The van der Waals surface area contributed by atoms with Gasteiger partial charge in [0.15, 0.2) is 0 Å². The summed E-state index contributed by atoms with van der Waals surface area (Å²) in [6, 6.07) is 0.964. The molecular formula is C12H22N2O2. The van der Waals surface area contributed by atoms with Crippen LogP contribution in [0.25, 0.3) is 0 Å². The van der Waals surface area contributed by atoms with Crippen molar-refractivity contribution in [1.29, 1.82) is 0 Å². The van der Waals surface area contributed by atoms with Gasteiger partial charge in [0.2, 0.25) is 0 Å². The minimum absolute atomic E-state index is 0.279. The van der Waals surface area contributed by atoms with E-state index in [0.29, 0.717) is 12.5 Å². The quantitative estimate of drug-likeness (QED) is 0.752. The Morgan fingerprint density at radius 1 is 1.62 bits per heavy atom. The molecule has 3 N–H and O–H groups in total. The highest BCUT2D eigenvalue weighted by Gasteiger charge is 2.42. The van der Waals surface area contributed by atoms with Gasteiger partial charge in [0.1, 0.15) is 5.54 Å². The molecule has 1 saturated carbocycles. The molecule has 92 valence electrons. The highest BCUT2D eigenvalue weighted by molar-refractivity contribution is 5.77. The number of carboxylic acid groups (broad SMARTS) is 1. The Labute approximate surface area is 96.8 Å². The molecule has 0 aromatic rings. The van der Waals surface area contributed by atoms with Crippen molar-refractivity contribution in [2.75, 3.05) is 6.54 Å². The maximum absolute atomic E-state index is 11.0. The summed E-state index contributed by atoms with van der Waals surface area (Å²) in [6.07, 6.45) is 4.47. The molecule has 2 fully saturated rings. The van der Waals surface area contributed by atoms with Gasteiger partial charge in [-0.05, 0) is 45.4 Å². The van der Waals surface area contributed by atoms with Gasteiger partial charge in [-0.2, -0.15) is 0 Å². The molecule has 4 nitrogen and oxygen atoms in total. The van der Waals surface area contributed by atoms with Gasteiger partial charge in [-0.25, -0.2) is 0 Å². The number of hydrogen-bond donors (Lipinski definition) is 2. The van der Waals surface area contributed by atoms with Gasteiger partial charge in [-0.1, -0.05) is 0 Å². The number of nitrogens with zero attached hydrogens (tertiary/aromatic N) is 1. The zero-order valence-electron chi connectivity index (χ0n) is 10.1. The average Bonchev–Trinajstić information content (AvgIpc) is 2.77. The highest BCUT2D eigenvalue weighted by Crippen LogP contribution is 2.39. The lowest BCUT2D eigenvalue weighted by molar-refractivity contribution is -0.143. The van der Waals surface area contributed by atoms with Crippen LogP contribution in [0.3, 0.4) is 0 Å². The minimum atomic E-state index is -1.10. The number of likely N-dealkylation sites (tertiary alicyclic amines) is 1. The maximum atomic E-state index is 11.0. The maximum Gasteiger partial charge on any atom is 0.323 e. The predicted molar refractivity (Wildman–Crippen MR) is 62.1 cm³/mol. The second kappa shape index (κ2) is 4.00. The van der Waals surface area contributed by atoms with Gasteiger partial charge in [-0.3, -0.25) is 9.69 Å². The Bertz CT molecular complexity index is 291. The van der Waals surface area contributed by atoms with Crippen molar-refractivity contribution in [2.24, 2.45) is 11.7 Å². The van der Waals surface area contributed by atoms with Crippen molar-refractivity contribution in [3.8, 4) is 0 Å². The van der Waals surface area contributed by atoms with Gasteiger partial charge in [0.25, 0.3) is 0 Å². The van der Waals surface area contributed by atoms with Crippen LogP contribution in [-0.2, 0) is 4.79 Å². The van der Waals surface area contributed by atoms with E-state index in [0.717, 1.165) is 12.5 Å². The molecule has 4 atom stereocenters. The SMILES string of the molecule is CC(CC(C)(N)C(=O)O)N1CC2CCC1C2. The molecule has 2 rings (SSSR count). The topological polar surface area (TPSA) is 66.6 Å². The van der Waals surface area contributed by atoms with E-state index < -0.39 is 11.5 Å². The fraction of sp³-hybridized carbons (Fsp3) is 0.917. The second-order valence-corrected chi connectivity index (χ2v) is 5.81. The van der Waals surface area contributed by atoms with Crippen LogP contribution >= 0.6 is 0 Å². The number of rotatable bonds is 4. The first kappa shape index (κ1) is 11.9. The molecule has 1 aliphatic carbocycles. The molecule has 4 unspecified atom stereocenters. The molecule has 4 heteroatoms. The van der Waals surface area contributed by atoms with Crippen molar-refractivity contribution in [1.82, 2.24) is 4.90 Å². The smallest absolute Gasteiger partial charge is 0.323 e. The predicted octanol–water partition coefficient (Wildman–Crippen LogP) is 1.05. The molecule has 16 heavy (non-hydrogen) atoms. The van der Waals surface area contributed by atoms with Gasteiger partial charge in [0, 0.05) is 18.6 Å². The minimum Gasteiger partial charge on any atom is -0.480 e. The van der Waals surface area contributed by atoms with Crippen LogP contribution < -0.4 is 5.73 Å². The number of aliphatic carboxylic acids is 1. The summed E-state index contributed by atoms with van der Waals surface area (Å²) < 4.78 is 0. The van der Waals surface area contributed by atoms with E-state index in [1.807, 2.05) is 0 Å². The molecule has 0 aromatic heterocycles. The summed E-state index contributed by atoms with van der Waals surface area (Å²) in [4.78, 5) is 13.4. The molecule has 1 saturated heterocycles. The number of carbonyl (C=O) groups is 1. The summed E-state index contributed by atoms with van der Waals surface area (Å²) >= 11 is 0. The number of nitrogens with two attached hydrogens (primary N) is 1. The lowest BCUT2D eigenvalue weighted by Gasteiger charge is -2.35. The van der Waals surface area contributed by atoms with Crippen molar-refractivity contribution in [3.63, 3.8) is 0 Å². The standard InChI is InChI=1S/C12H22N2O2/c1-8(6-12(2,13)11(15)16)14-7-9-3-4-10(14)5-9/h8-10H,3-7,13H2,1-2H3,(H,15,16). The van der Waals surface area contributed by atoms with E-state index in [2.05, 4.69) is 11.8 Å². The third-order valence-electron chi connectivity index (χ3n) is 4.23. The van der Waals surface area contributed by atoms with Gasteiger partial charge >= 0.3 is 5.97 Å². The first-order chi connectivity index (χ1) is 7.40. The summed E-state index contributed by atoms with van der Waals surface area (Å²) in [6.45, 7) is 4.86. The van der Waals surface area contributed by atoms with E-state index in [1.165, 1.54) is 19.3 Å². The zero-order chi connectivity index (χ0) is 11.9. The first-order valence-corrected chi connectivity index (χ1v) is 6.18. The molecular weight excluding hydrogens is 204 g/mol. The fourth-order valence-electron chi connectivity index (χ4n) is 3.32. The number of hydrogen-bond acceptors (Lipinski definition) is 3. The summed E-state index contributed by atoms with van der Waals surface area (Å²) in [5, 5.41) is 9.02. The van der Waals surface area contributed by atoms with Crippen molar-refractivity contribution < 1.29 is 9.90 Å². The average molecular weight is 226 g/mol. The third kappa shape index (κ3) is 2.09. The number of fused-ring (bicyclic) bond motifs is 2. The highest BCUT2D eigenvalue weighted by atomic mass is 16.4. The Kier molecular flexibility index (Phi) is 2.97. The molecule has 0 spiro atoms. The van der Waals surface area contributed by atoms with Crippen LogP contribution in [-0.4, -0.2) is 40.1 Å². The van der Waals surface area contributed by atoms with Crippen LogP contribution in [0.1, 0.15) is 39.5 Å². The lowest BCUT2D eigenvalue weighted by atomic mass is 9.93. The van der Waals surface area contributed by atoms with Crippen LogP contribution in [0, 0.1) is 5.92 Å². The van der Waals surface area contributed by atoms with E-state index in [4.69, 9.17) is 10.8 Å². The van der Waals surface area contributed by atoms with E-state index in [-0.39, 0.29) is 6.04 Å². The van der Waals surface area contributed by atoms with Gasteiger partial charge in [0.05, 0.1) is 0 Å². The number of piperidine rings is 1. The molecule has 2 bridgehead atoms. The van der Waals surface area contributed by atoms with Crippen LogP contribution in [0.4, 0.5) is 0 Å². The molecule has 0 aromatic carbocycles. The summed E-state index contributed by atoms with van der Waals surface area (Å²) in [5.41, 5.74) is 4.70. The van der Waals surface area contributed by atoms with Crippen LogP contribution in [0.15, 0.2) is 0 Å². The zero-order valence-corrected chi connectivity index (χ0v) is 10.1. The monoisotopic (exact) mass is 226 g/mol. The van der Waals surface area contributed by atoms with Crippen LogP contribution in [0.5, 0.6) is 0 Å². The number of carboxylic acids is 1. The molecule has 1 heterocycles. The normalized spacial score (nSPS) is 34.9. The first-order valence-electron chi connectivity index (χ1n) is 6.18. The fourth-order valence-corrected chi connectivity index (χ4v) is 3.32. The van der Waals surface area contributed by atoms with E-state index in [9.17, 15) is 4.79 Å².